The summed E-state index contributed by atoms with van der Waals surface area (Å²) < 4.78 is 81.4. The fraction of sp³-hybridized carbons (Fsp3) is 0.167. The second-order valence-corrected chi connectivity index (χ2v) is 15.3. The van der Waals surface area contributed by atoms with Gasteiger partial charge in [0.2, 0.25) is 0 Å². The largest absolute Gasteiger partial charge is 0.416 e. The monoisotopic (exact) mass is 754 g/mol. The molecule has 2 nitrogen and oxygen atoms in total. The smallest absolute Gasteiger partial charge is 0.310 e. The van der Waals surface area contributed by atoms with E-state index in [9.17, 15) is 26.3 Å². The Bertz CT molecular complexity index is 2590. The zero-order valence-electron chi connectivity index (χ0n) is 30.6. The topological polar surface area (TPSA) is 6.48 Å². The van der Waals surface area contributed by atoms with Gasteiger partial charge in [0.15, 0.2) is 0 Å². The molecule has 0 heterocycles. The SMILES string of the molecule is CC1(C)CCc2c(N(c3ccccc3)c3ccc(C(F)(F)F)cc3)ccc3cc4c(c1c23)-c1ccc(N(c2ccccc2)c2ccc(C(F)(F)F)cc2)cc1C4. The minimum atomic E-state index is -4.44. The number of rotatable bonds is 6. The van der Waals surface area contributed by atoms with Crippen LogP contribution in [-0.2, 0) is 30.6 Å². The van der Waals surface area contributed by atoms with Crippen molar-refractivity contribution in [1.29, 1.82) is 0 Å². The summed E-state index contributed by atoms with van der Waals surface area (Å²) in [6, 6.07) is 42.9. The average Bonchev–Trinajstić information content (AvgIpc) is 3.54. The van der Waals surface area contributed by atoms with Gasteiger partial charge in [-0.05, 0) is 160 Å². The Kier molecular flexibility index (Phi) is 8.31. The zero-order chi connectivity index (χ0) is 39.0. The van der Waals surface area contributed by atoms with Crippen molar-refractivity contribution in [2.75, 3.05) is 9.80 Å². The predicted octanol–water partition coefficient (Wildman–Crippen LogP) is 14.6. The van der Waals surface area contributed by atoms with Crippen LogP contribution >= 0.6 is 0 Å². The highest BCUT2D eigenvalue weighted by Gasteiger charge is 2.38. The molecule has 0 unspecified atom stereocenters. The van der Waals surface area contributed by atoms with Crippen LogP contribution in [0, 0.1) is 0 Å². The Labute approximate surface area is 321 Å². The average molecular weight is 755 g/mol. The maximum absolute atomic E-state index is 13.6. The van der Waals surface area contributed by atoms with Gasteiger partial charge in [0, 0.05) is 34.1 Å². The lowest BCUT2D eigenvalue weighted by atomic mass is 9.69. The van der Waals surface area contributed by atoms with E-state index in [1.54, 1.807) is 12.1 Å². The van der Waals surface area contributed by atoms with Gasteiger partial charge >= 0.3 is 12.4 Å². The molecule has 8 heteroatoms. The van der Waals surface area contributed by atoms with Crippen LogP contribution in [-0.4, -0.2) is 0 Å². The lowest BCUT2D eigenvalue weighted by Gasteiger charge is -2.37. The van der Waals surface area contributed by atoms with Crippen molar-refractivity contribution < 1.29 is 26.3 Å². The first-order chi connectivity index (χ1) is 26.8. The van der Waals surface area contributed by atoms with Gasteiger partial charge < -0.3 is 9.80 Å². The third-order valence-electron chi connectivity index (χ3n) is 11.3. The molecule has 7 aromatic rings. The van der Waals surface area contributed by atoms with E-state index < -0.39 is 23.5 Å². The highest BCUT2D eigenvalue weighted by Crippen LogP contribution is 2.54. The van der Waals surface area contributed by atoms with Gasteiger partial charge in [-0.15, -0.1) is 0 Å². The number of hydrogen-bond acceptors (Lipinski definition) is 2. The molecular weight excluding hydrogens is 719 g/mol. The molecule has 0 saturated carbocycles. The fourth-order valence-corrected chi connectivity index (χ4v) is 8.71. The number of alkyl halides is 6. The molecule has 0 fully saturated rings. The van der Waals surface area contributed by atoms with Gasteiger partial charge in [-0.2, -0.15) is 26.3 Å². The number of benzene rings is 7. The molecule has 9 rings (SSSR count). The minimum absolute atomic E-state index is 0.183. The molecule has 0 saturated heterocycles. The first kappa shape index (κ1) is 35.7. The van der Waals surface area contributed by atoms with Crippen LogP contribution in [0.5, 0.6) is 0 Å². The highest BCUT2D eigenvalue weighted by atomic mass is 19.4. The highest BCUT2D eigenvalue weighted by molar-refractivity contribution is 6.03. The first-order valence-electron chi connectivity index (χ1n) is 18.6. The van der Waals surface area contributed by atoms with Crippen LogP contribution in [0.15, 0.2) is 146 Å². The van der Waals surface area contributed by atoms with Gasteiger partial charge in [-0.25, -0.2) is 0 Å². The van der Waals surface area contributed by atoms with Crippen molar-refractivity contribution in [3.8, 4) is 11.1 Å². The summed E-state index contributed by atoms with van der Waals surface area (Å²) in [6.07, 6.45) is -6.51. The molecule has 7 aromatic carbocycles. The molecule has 0 radical (unpaired) electrons. The van der Waals surface area contributed by atoms with E-state index in [2.05, 4.69) is 49.1 Å². The molecule has 0 spiro atoms. The molecule has 56 heavy (non-hydrogen) atoms. The van der Waals surface area contributed by atoms with E-state index in [1.165, 1.54) is 34.2 Å². The molecule has 0 aromatic heterocycles. The van der Waals surface area contributed by atoms with Gasteiger partial charge in [0.1, 0.15) is 0 Å². The Balaban J connectivity index is 1.20. The maximum atomic E-state index is 13.6. The van der Waals surface area contributed by atoms with Gasteiger partial charge in [-0.1, -0.05) is 68.4 Å². The molecule has 0 amide bonds. The van der Waals surface area contributed by atoms with Gasteiger partial charge in [0.05, 0.1) is 11.1 Å². The number of halogens is 6. The lowest BCUT2D eigenvalue weighted by molar-refractivity contribution is -0.138. The molecule has 0 bridgehead atoms. The standard InChI is InChI=1S/C48H36F6N2/c1-46(2)26-25-41-42(56(36-11-7-4-8-12-36)38-20-16-34(17-21-38)48(52,53)54)24-13-30-27-32-28-31-29-39(22-23-40(31)44(32)45(46)43(30)41)55(35-9-5-3-6-10-35)37-18-14-33(15-19-37)47(49,50)51/h3-24,27,29H,25-26,28H2,1-2H3. The van der Waals surface area contributed by atoms with Crippen LogP contribution in [0.2, 0.25) is 0 Å². The van der Waals surface area contributed by atoms with Crippen molar-refractivity contribution in [2.45, 2.75) is 50.9 Å². The summed E-state index contributed by atoms with van der Waals surface area (Å²) >= 11 is 0. The van der Waals surface area contributed by atoms with E-state index >= 15 is 0 Å². The third-order valence-corrected chi connectivity index (χ3v) is 11.3. The maximum Gasteiger partial charge on any atom is 0.416 e. The van der Waals surface area contributed by atoms with E-state index in [0.29, 0.717) is 17.8 Å². The van der Waals surface area contributed by atoms with Crippen molar-refractivity contribution in [1.82, 2.24) is 0 Å². The summed E-state index contributed by atoms with van der Waals surface area (Å²) in [5.41, 5.74) is 10.3. The lowest BCUT2D eigenvalue weighted by Crippen LogP contribution is -2.25. The van der Waals surface area contributed by atoms with E-state index in [-0.39, 0.29) is 5.41 Å². The van der Waals surface area contributed by atoms with Crippen LogP contribution in [0.1, 0.15) is 53.6 Å². The number of fused-ring (bicyclic) bond motifs is 4. The normalized spacial score (nSPS) is 14.4. The molecular formula is C48H36F6N2. The molecule has 2 aliphatic carbocycles. The van der Waals surface area contributed by atoms with E-state index in [1.807, 2.05) is 71.6 Å². The van der Waals surface area contributed by atoms with E-state index in [4.69, 9.17) is 0 Å². The quantitative estimate of drug-likeness (QED) is 0.156. The number of hydrogen-bond donors (Lipinski definition) is 0. The van der Waals surface area contributed by atoms with Crippen LogP contribution < -0.4 is 9.80 Å². The molecule has 2 aliphatic rings. The Morgan fingerprint density at radius 2 is 1.04 bits per heavy atom. The summed E-state index contributed by atoms with van der Waals surface area (Å²) in [5.74, 6) is 0. The number of para-hydroxylation sites is 2. The van der Waals surface area contributed by atoms with Gasteiger partial charge in [0.25, 0.3) is 0 Å². The second-order valence-electron chi connectivity index (χ2n) is 15.3. The second kappa shape index (κ2) is 13.0. The number of anilines is 6. The summed E-state index contributed by atoms with van der Waals surface area (Å²) in [5, 5.41) is 2.30. The summed E-state index contributed by atoms with van der Waals surface area (Å²) in [4.78, 5) is 4.04. The minimum Gasteiger partial charge on any atom is -0.310 e. The van der Waals surface area contributed by atoms with Crippen molar-refractivity contribution in [3.63, 3.8) is 0 Å². The summed E-state index contributed by atoms with van der Waals surface area (Å²) in [6.45, 7) is 4.58. The zero-order valence-corrected chi connectivity index (χ0v) is 30.6. The molecule has 0 N–H and O–H groups in total. The Morgan fingerprint density at radius 1 is 0.518 bits per heavy atom. The Morgan fingerprint density at radius 3 is 1.61 bits per heavy atom. The Hall–Kier alpha value is -6.02. The molecule has 280 valence electrons. The molecule has 0 atom stereocenters. The van der Waals surface area contributed by atoms with Crippen LogP contribution in [0.25, 0.3) is 21.9 Å². The van der Waals surface area contributed by atoms with Crippen molar-refractivity contribution in [2.24, 2.45) is 0 Å². The van der Waals surface area contributed by atoms with Gasteiger partial charge in [-0.3, -0.25) is 0 Å². The predicted molar refractivity (Wildman–Crippen MR) is 213 cm³/mol. The van der Waals surface area contributed by atoms with Crippen molar-refractivity contribution >= 4 is 44.9 Å². The van der Waals surface area contributed by atoms with E-state index in [0.717, 1.165) is 81.9 Å². The van der Waals surface area contributed by atoms with Crippen LogP contribution in [0.4, 0.5) is 60.5 Å². The first-order valence-corrected chi connectivity index (χ1v) is 18.6. The number of aryl methyl sites for hydroxylation is 1. The van der Waals surface area contributed by atoms with Crippen LogP contribution in [0.3, 0.4) is 0 Å². The van der Waals surface area contributed by atoms with Crippen molar-refractivity contribution in [3.05, 3.63) is 179 Å². The molecule has 0 aliphatic heterocycles. The number of nitrogens with zero attached hydrogens (tertiary/aromatic N) is 2. The summed E-state index contributed by atoms with van der Waals surface area (Å²) in [7, 11) is 0. The fourth-order valence-electron chi connectivity index (χ4n) is 8.71. The third kappa shape index (κ3) is 6.08.